The number of nitrogens with zero attached hydrogens (tertiary/aromatic N) is 6. The molecule has 1 spiro atoms. The summed E-state index contributed by atoms with van der Waals surface area (Å²) in [5.41, 5.74) is 15.6. The minimum atomic E-state index is -0.756. The Labute approximate surface area is 394 Å². The number of pyridine rings is 2. The summed E-state index contributed by atoms with van der Waals surface area (Å²) < 4.78 is 12.0. The molecule has 6 heterocycles. The zero-order valence-electron chi connectivity index (χ0n) is 36.1. The molecule has 8 aromatic carbocycles. The third-order valence-electron chi connectivity index (χ3n) is 14.3. The lowest BCUT2D eigenvalue weighted by Crippen LogP contribution is -2.32. The van der Waals surface area contributed by atoms with Crippen molar-refractivity contribution in [2.45, 2.75) is 15.2 Å². The molecule has 0 bridgehead atoms. The second-order valence-electron chi connectivity index (χ2n) is 17.6. The molecule has 7 nitrogen and oxygen atoms in total. The second kappa shape index (κ2) is 13.8. The fourth-order valence-electron chi connectivity index (χ4n) is 11.5. The average molecular weight is 887 g/mol. The van der Waals surface area contributed by atoms with Gasteiger partial charge in [-0.3, -0.25) is 9.97 Å². The van der Waals surface area contributed by atoms with E-state index < -0.39 is 5.41 Å². The molecule has 12 aromatic rings. The van der Waals surface area contributed by atoms with Crippen molar-refractivity contribution in [3.8, 4) is 34.3 Å². The van der Waals surface area contributed by atoms with Crippen molar-refractivity contribution >= 4 is 78.1 Å². The molecular weight excluding hydrogens is 853 g/mol. The van der Waals surface area contributed by atoms with Gasteiger partial charge in [-0.15, -0.1) is 0 Å². The van der Waals surface area contributed by atoms with Gasteiger partial charge in [-0.2, -0.15) is 0 Å². The van der Waals surface area contributed by atoms with Crippen LogP contribution >= 0.6 is 11.8 Å². The van der Waals surface area contributed by atoms with E-state index in [2.05, 4.69) is 189 Å². The number of anilines is 3. The van der Waals surface area contributed by atoms with E-state index in [0.717, 1.165) is 95.0 Å². The topological polar surface area (TPSA) is 52.5 Å². The number of rotatable bonds is 3. The summed E-state index contributed by atoms with van der Waals surface area (Å²) in [6.45, 7) is 7.76. The van der Waals surface area contributed by atoms with Crippen molar-refractivity contribution in [1.82, 2.24) is 19.1 Å². The molecule has 0 atom stereocenters. The smallest absolute Gasteiger partial charge is 0.188 e. The van der Waals surface area contributed by atoms with E-state index in [1.807, 2.05) is 48.4 Å². The van der Waals surface area contributed by atoms with Crippen molar-refractivity contribution < 1.29 is 4.74 Å². The standard InChI is InChI=1S/C60H34N6OS/c1-61-36-22-28-50-42(32-36)40-12-2-4-16-48(40)64(50)38-23-26-44-54(34-38)67-55-35-39(24-27-45(55)60(44)46-14-10-30-62-58(46)59-47(60)15-11-31-63-59)65-49-17-5-3-13-41(49)43-33-37(25-29-51(43)65)66-52-18-6-8-20-56(52)68-57-21-9-7-19-53(57)66/h2-35H. The van der Waals surface area contributed by atoms with Gasteiger partial charge in [0.05, 0.1) is 56.8 Å². The number of hydrogen-bond acceptors (Lipinski definition) is 5. The number of benzene rings is 8. The summed E-state index contributed by atoms with van der Waals surface area (Å²) >= 11 is 1.82. The third kappa shape index (κ3) is 4.92. The van der Waals surface area contributed by atoms with Gasteiger partial charge in [0, 0.05) is 78.7 Å². The fraction of sp³-hybridized carbons (Fsp3) is 0.0167. The van der Waals surface area contributed by atoms with Crippen LogP contribution < -0.4 is 9.64 Å². The summed E-state index contributed by atoms with van der Waals surface area (Å²) in [7, 11) is 0. The molecule has 0 radical (unpaired) electrons. The van der Waals surface area contributed by atoms with E-state index in [4.69, 9.17) is 21.3 Å². The molecule has 15 rings (SSSR count). The first-order chi connectivity index (χ1) is 33.7. The van der Waals surface area contributed by atoms with Gasteiger partial charge in [0.2, 0.25) is 0 Å². The monoisotopic (exact) mass is 886 g/mol. The molecule has 1 aliphatic carbocycles. The summed E-state index contributed by atoms with van der Waals surface area (Å²) in [5, 5.41) is 4.48. The van der Waals surface area contributed by atoms with Crippen LogP contribution in [0.4, 0.5) is 22.7 Å². The molecule has 3 aliphatic rings. The molecular formula is C60H34N6OS. The molecule has 0 saturated carbocycles. The van der Waals surface area contributed by atoms with Gasteiger partial charge in [0.1, 0.15) is 11.5 Å². The van der Waals surface area contributed by atoms with E-state index in [0.29, 0.717) is 5.69 Å². The van der Waals surface area contributed by atoms with Crippen LogP contribution in [-0.4, -0.2) is 19.1 Å². The number of fused-ring (bicyclic) bond motifs is 17. The van der Waals surface area contributed by atoms with Crippen molar-refractivity contribution in [3.05, 3.63) is 240 Å². The number of aromatic nitrogens is 4. The molecule has 0 unspecified atom stereocenters. The normalized spacial score (nSPS) is 13.7. The Morgan fingerprint density at radius 3 is 1.53 bits per heavy atom. The van der Waals surface area contributed by atoms with Gasteiger partial charge < -0.3 is 18.8 Å². The predicted molar refractivity (Wildman–Crippen MR) is 273 cm³/mol. The minimum absolute atomic E-state index is 0.616. The van der Waals surface area contributed by atoms with Crippen LogP contribution in [0, 0.1) is 6.57 Å². The van der Waals surface area contributed by atoms with Crippen LogP contribution in [0.25, 0.3) is 71.2 Å². The van der Waals surface area contributed by atoms with Gasteiger partial charge in [0.15, 0.2) is 5.69 Å². The second-order valence-corrected chi connectivity index (χ2v) is 18.7. The highest BCUT2D eigenvalue weighted by Crippen LogP contribution is 2.62. The third-order valence-corrected chi connectivity index (χ3v) is 15.4. The zero-order chi connectivity index (χ0) is 44.7. The number of para-hydroxylation sites is 4. The summed E-state index contributed by atoms with van der Waals surface area (Å²) in [4.78, 5) is 18.6. The largest absolute Gasteiger partial charge is 0.457 e. The van der Waals surface area contributed by atoms with Crippen LogP contribution in [0.1, 0.15) is 22.3 Å². The van der Waals surface area contributed by atoms with Crippen molar-refractivity contribution in [2.75, 3.05) is 4.90 Å². The van der Waals surface area contributed by atoms with Crippen LogP contribution in [0.15, 0.2) is 216 Å². The van der Waals surface area contributed by atoms with Crippen molar-refractivity contribution in [2.24, 2.45) is 0 Å². The predicted octanol–water partition coefficient (Wildman–Crippen LogP) is 15.6. The number of hydrogen-bond donors (Lipinski definition) is 0. The fourth-order valence-corrected chi connectivity index (χ4v) is 12.6. The first-order valence-electron chi connectivity index (χ1n) is 22.7. The Bertz CT molecular complexity index is 4120. The van der Waals surface area contributed by atoms with Gasteiger partial charge in [-0.1, -0.05) is 103 Å². The summed E-state index contributed by atoms with van der Waals surface area (Å²) in [5.74, 6) is 1.53. The molecule has 8 heteroatoms. The zero-order valence-corrected chi connectivity index (χ0v) is 36.9. The maximum atomic E-state index is 7.76. The SMILES string of the molecule is [C-]#[N+]c1ccc2c(c1)c1ccccc1n2-c1ccc2c(c1)Oc1cc(-n3c4ccccc4c4cc(N5c6ccccc6Sc6ccccc65)ccc43)ccc1C21c2cccnc2-c2ncccc21. The average Bonchev–Trinajstić information content (AvgIpc) is 4.01. The summed E-state index contributed by atoms with van der Waals surface area (Å²) in [6.07, 6.45) is 3.72. The minimum Gasteiger partial charge on any atom is -0.457 e. The van der Waals surface area contributed by atoms with Gasteiger partial charge in [-0.05, 0) is 108 Å². The summed E-state index contributed by atoms with van der Waals surface area (Å²) in [6, 6.07) is 69.1. The van der Waals surface area contributed by atoms with E-state index >= 15 is 0 Å². The molecule has 2 aliphatic heterocycles. The van der Waals surface area contributed by atoms with Crippen LogP contribution in [-0.2, 0) is 5.41 Å². The van der Waals surface area contributed by atoms with Gasteiger partial charge >= 0.3 is 0 Å². The first kappa shape index (κ1) is 37.3. The maximum absolute atomic E-state index is 7.76. The van der Waals surface area contributed by atoms with Gasteiger partial charge in [-0.25, -0.2) is 4.85 Å². The lowest BCUT2D eigenvalue weighted by molar-refractivity contribution is 0.436. The lowest BCUT2D eigenvalue weighted by atomic mass is 9.66. The lowest BCUT2D eigenvalue weighted by Gasteiger charge is -2.39. The molecule has 68 heavy (non-hydrogen) atoms. The highest BCUT2D eigenvalue weighted by Gasteiger charge is 2.52. The maximum Gasteiger partial charge on any atom is 0.188 e. The van der Waals surface area contributed by atoms with Crippen LogP contribution in [0.5, 0.6) is 11.5 Å². The molecule has 0 amide bonds. The Hall–Kier alpha value is -8.90. The van der Waals surface area contributed by atoms with Gasteiger partial charge in [0.25, 0.3) is 0 Å². The van der Waals surface area contributed by atoms with E-state index in [9.17, 15) is 0 Å². The quantitative estimate of drug-likeness (QED) is 0.165. The van der Waals surface area contributed by atoms with Crippen LogP contribution in [0.3, 0.4) is 0 Å². The molecule has 0 saturated heterocycles. The van der Waals surface area contributed by atoms with Crippen molar-refractivity contribution in [1.29, 1.82) is 0 Å². The van der Waals surface area contributed by atoms with Crippen molar-refractivity contribution in [3.63, 3.8) is 0 Å². The Morgan fingerprint density at radius 1 is 0.441 bits per heavy atom. The molecule has 4 aromatic heterocycles. The Balaban J connectivity index is 0.951. The molecule has 0 fully saturated rings. The Kier molecular flexibility index (Phi) is 7.58. The molecule has 0 N–H and O–H groups in total. The highest BCUT2D eigenvalue weighted by molar-refractivity contribution is 7.99. The number of ether oxygens (including phenoxy) is 1. The highest BCUT2D eigenvalue weighted by atomic mass is 32.2. The van der Waals surface area contributed by atoms with E-state index in [1.54, 1.807) is 0 Å². The molecule has 316 valence electrons. The van der Waals surface area contributed by atoms with E-state index in [1.165, 1.54) is 31.9 Å². The van der Waals surface area contributed by atoms with E-state index in [-0.39, 0.29) is 0 Å². The Morgan fingerprint density at radius 2 is 0.941 bits per heavy atom. The first-order valence-corrected chi connectivity index (χ1v) is 23.5. The van der Waals surface area contributed by atoms with Crippen LogP contribution in [0.2, 0.25) is 0 Å².